The molecular formula is C20H20F6N2O2. The van der Waals surface area contributed by atoms with Gasteiger partial charge < -0.3 is 5.32 Å². The molecule has 1 aromatic carbocycles. The molecule has 0 unspecified atom stereocenters. The number of nitrogens with zero attached hydrogens (tertiary/aromatic N) is 1. The third-order valence-electron chi connectivity index (χ3n) is 5.41. The van der Waals surface area contributed by atoms with Crippen molar-refractivity contribution in [2.24, 2.45) is 5.41 Å². The average molecular weight is 434 g/mol. The van der Waals surface area contributed by atoms with E-state index in [4.69, 9.17) is 0 Å². The second-order valence-corrected chi connectivity index (χ2v) is 8.33. The van der Waals surface area contributed by atoms with Gasteiger partial charge in [-0.25, -0.2) is 4.79 Å². The van der Waals surface area contributed by atoms with Crippen LogP contribution in [0.5, 0.6) is 0 Å². The Morgan fingerprint density at radius 2 is 1.53 bits per heavy atom. The molecule has 0 radical (unpaired) electrons. The first-order chi connectivity index (χ1) is 13.7. The molecule has 0 fully saturated rings. The van der Waals surface area contributed by atoms with E-state index >= 15 is 0 Å². The van der Waals surface area contributed by atoms with E-state index < -0.39 is 52.8 Å². The molecule has 0 aromatic heterocycles. The summed E-state index contributed by atoms with van der Waals surface area (Å²) in [5.41, 5.74) is -6.79. The van der Waals surface area contributed by atoms with Crippen LogP contribution in [-0.4, -0.2) is 41.2 Å². The van der Waals surface area contributed by atoms with Gasteiger partial charge in [0, 0.05) is 18.7 Å². The average Bonchev–Trinajstić information content (AvgIpc) is 2.58. The highest BCUT2D eigenvalue weighted by atomic mass is 19.4. The first-order valence-electron chi connectivity index (χ1n) is 9.23. The Kier molecular flexibility index (Phi) is 5.19. The van der Waals surface area contributed by atoms with Crippen LogP contribution >= 0.6 is 0 Å². The third kappa shape index (κ3) is 3.56. The Labute approximate surface area is 168 Å². The van der Waals surface area contributed by atoms with Crippen molar-refractivity contribution in [2.45, 2.75) is 51.0 Å². The Balaban J connectivity index is 2.17. The van der Waals surface area contributed by atoms with E-state index in [1.165, 1.54) is 0 Å². The standard InChI is InChI=1S/C20H20F6N2O2/c1-17(2)10-13-15(14(29)11-17)18(19(21,22)23,20(24,25)26)27-16(30)28(13)9-8-12-6-4-3-5-7-12/h3-7H,8-11H2,1-2H3,(H,27,30). The fourth-order valence-corrected chi connectivity index (χ4v) is 4.07. The van der Waals surface area contributed by atoms with Crippen molar-refractivity contribution in [3.05, 3.63) is 47.2 Å². The van der Waals surface area contributed by atoms with Crippen molar-refractivity contribution in [2.75, 3.05) is 6.54 Å². The molecule has 10 heteroatoms. The molecule has 0 atom stereocenters. The summed E-state index contributed by atoms with van der Waals surface area (Å²) in [4.78, 5) is 26.1. The van der Waals surface area contributed by atoms with Crippen molar-refractivity contribution in [1.82, 2.24) is 10.2 Å². The predicted molar refractivity (Wildman–Crippen MR) is 95.3 cm³/mol. The Morgan fingerprint density at radius 3 is 2.07 bits per heavy atom. The smallest absolute Gasteiger partial charge is 0.312 e. The van der Waals surface area contributed by atoms with Crippen molar-refractivity contribution in [1.29, 1.82) is 0 Å². The van der Waals surface area contributed by atoms with E-state index in [2.05, 4.69) is 0 Å². The number of nitrogens with one attached hydrogen (secondary N) is 1. The largest absolute Gasteiger partial charge is 0.425 e. The lowest BCUT2D eigenvalue weighted by atomic mass is 9.69. The van der Waals surface area contributed by atoms with E-state index in [1.54, 1.807) is 44.2 Å². The van der Waals surface area contributed by atoms with Gasteiger partial charge in [0.15, 0.2) is 5.78 Å². The lowest BCUT2D eigenvalue weighted by Gasteiger charge is -2.49. The first-order valence-corrected chi connectivity index (χ1v) is 9.23. The van der Waals surface area contributed by atoms with E-state index in [0.29, 0.717) is 0 Å². The van der Waals surface area contributed by atoms with Crippen LogP contribution in [0, 0.1) is 5.41 Å². The molecule has 4 nitrogen and oxygen atoms in total. The van der Waals surface area contributed by atoms with Crippen molar-refractivity contribution in [3.8, 4) is 0 Å². The Morgan fingerprint density at radius 1 is 0.967 bits per heavy atom. The number of hydrogen-bond acceptors (Lipinski definition) is 2. The van der Waals surface area contributed by atoms with Gasteiger partial charge in [0.2, 0.25) is 0 Å². The van der Waals surface area contributed by atoms with Gasteiger partial charge >= 0.3 is 18.4 Å². The minimum atomic E-state index is -5.94. The highest BCUT2D eigenvalue weighted by Crippen LogP contribution is 2.54. The van der Waals surface area contributed by atoms with Crippen LogP contribution in [0.15, 0.2) is 41.6 Å². The normalized spacial score (nSPS) is 21.4. The number of rotatable bonds is 3. The third-order valence-corrected chi connectivity index (χ3v) is 5.41. The number of hydrogen-bond donors (Lipinski definition) is 1. The zero-order valence-electron chi connectivity index (χ0n) is 16.2. The maximum absolute atomic E-state index is 13.8. The number of carbonyl (C=O) groups is 2. The monoisotopic (exact) mass is 434 g/mol. The van der Waals surface area contributed by atoms with Gasteiger partial charge in [-0.15, -0.1) is 0 Å². The number of urea groups is 1. The summed E-state index contributed by atoms with van der Waals surface area (Å²) < 4.78 is 83.0. The van der Waals surface area contributed by atoms with Gasteiger partial charge in [0.25, 0.3) is 5.54 Å². The van der Waals surface area contributed by atoms with Crippen LogP contribution in [0.2, 0.25) is 0 Å². The summed E-state index contributed by atoms with van der Waals surface area (Å²) in [6, 6.07) is 7.13. The Hall–Kier alpha value is -2.52. The van der Waals surface area contributed by atoms with Crippen LogP contribution in [0.1, 0.15) is 32.3 Å². The topological polar surface area (TPSA) is 49.4 Å². The molecule has 3 rings (SSSR count). The molecule has 2 aliphatic rings. The van der Waals surface area contributed by atoms with E-state index in [1.807, 2.05) is 0 Å². The molecule has 1 N–H and O–H groups in total. The van der Waals surface area contributed by atoms with Gasteiger partial charge in [0.1, 0.15) is 0 Å². The lowest BCUT2D eigenvalue weighted by molar-refractivity contribution is -0.292. The maximum Gasteiger partial charge on any atom is 0.425 e. The predicted octanol–water partition coefficient (Wildman–Crippen LogP) is 4.76. The number of amides is 2. The van der Waals surface area contributed by atoms with Crippen LogP contribution in [0.25, 0.3) is 0 Å². The number of carbonyl (C=O) groups excluding carboxylic acids is 2. The number of benzene rings is 1. The second-order valence-electron chi connectivity index (χ2n) is 8.33. The number of halogens is 6. The highest BCUT2D eigenvalue weighted by Gasteiger charge is 2.77. The fourth-order valence-electron chi connectivity index (χ4n) is 4.07. The molecule has 30 heavy (non-hydrogen) atoms. The molecule has 0 saturated carbocycles. The summed E-state index contributed by atoms with van der Waals surface area (Å²) in [6.07, 6.45) is -12.4. The molecule has 1 aliphatic carbocycles. The van der Waals surface area contributed by atoms with Crippen LogP contribution in [-0.2, 0) is 11.2 Å². The van der Waals surface area contributed by atoms with Crippen molar-refractivity contribution < 1.29 is 35.9 Å². The molecular weight excluding hydrogens is 414 g/mol. The van der Waals surface area contributed by atoms with E-state index in [0.717, 1.165) is 15.8 Å². The molecule has 164 valence electrons. The maximum atomic E-state index is 13.8. The van der Waals surface area contributed by atoms with Gasteiger partial charge in [-0.3, -0.25) is 9.69 Å². The fraction of sp³-hybridized carbons (Fsp3) is 0.500. The molecule has 1 heterocycles. The van der Waals surface area contributed by atoms with Gasteiger partial charge in [0.05, 0.1) is 5.57 Å². The summed E-state index contributed by atoms with van der Waals surface area (Å²) in [7, 11) is 0. The van der Waals surface area contributed by atoms with Crippen molar-refractivity contribution >= 4 is 11.8 Å². The zero-order chi connectivity index (χ0) is 22.5. The summed E-state index contributed by atoms with van der Waals surface area (Å²) in [5.74, 6) is -1.26. The summed E-state index contributed by atoms with van der Waals surface area (Å²) >= 11 is 0. The second kappa shape index (κ2) is 7.02. The molecule has 2 amide bonds. The zero-order valence-corrected chi connectivity index (χ0v) is 16.2. The van der Waals surface area contributed by atoms with E-state index in [9.17, 15) is 35.9 Å². The minimum absolute atomic E-state index is 0.163. The molecule has 1 aromatic rings. The minimum Gasteiger partial charge on any atom is -0.312 e. The quantitative estimate of drug-likeness (QED) is 0.698. The van der Waals surface area contributed by atoms with Crippen LogP contribution in [0.3, 0.4) is 0 Å². The number of Topliss-reactive ketones (excluding diaryl/α,β-unsaturated/α-hetero) is 1. The summed E-state index contributed by atoms with van der Waals surface area (Å²) in [6.45, 7) is 2.97. The first kappa shape index (κ1) is 22.2. The number of ketones is 1. The molecule has 1 aliphatic heterocycles. The lowest BCUT2D eigenvalue weighted by Crippen LogP contribution is -2.74. The van der Waals surface area contributed by atoms with Crippen LogP contribution < -0.4 is 5.32 Å². The van der Waals surface area contributed by atoms with Gasteiger partial charge in [-0.1, -0.05) is 44.2 Å². The highest BCUT2D eigenvalue weighted by molar-refractivity contribution is 6.03. The van der Waals surface area contributed by atoms with Gasteiger partial charge in [-0.05, 0) is 23.8 Å². The summed E-state index contributed by atoms with van der Waals surface area (Å²) in [5, 5.41) is 1.11. The molecule has 0 spiro atoms. The Bertz CT molecular complexity index is 873. The van der Waals surface area contributed by atoms with Crippen LogP contribution in [0.4, 0.5) is 31.1 Å². The van der Waals surface area contributed by atoms with Crippen molar-refractivity contribution in [3.63, 3.8) is 0 Å². The number of alkyl halides is 6. The molecule has 0 saturated heterocycles. The van der Waals surface area contributed by atoms with E-state index in [-0.39, 0.29) is 19.4 Å². The molecule has 0 bridgehead atoms. The number of allylic oxidation sites excluding steroid dienone is 1. The SMILES string of the molecule is CC1(C)CC(=O)C2=C(C1)N(CCc1ccccc1)C(=O)NC2(C(F)(F)F)C(F)(F)F. The van der Waals surface area contributed by atoms with Gasteiger partial charge in [-0.2, -0.15) is 26.3 Å².